The summed E-state index contributed by atoms with van der Waals surface area (Å²) >= 11 is 5.82. The number of anilines is 1. The van der Waals surface area contributed by atoms with Gasteiger partial charge in [0.25, 0.3) is 0 Å². The van der Waals surface area contributed by atoms with E-state index in [9.17, 15) is 9.59 Å². The Morgan fingerprint density at radius 1 is 1.37 bits per heavy atom. The van der Waals surface area contributed by atoms with Crippen LogP contribution < -0.4 is 10.6 Å². The SMILES string of the molecule is CC1CC(NC(=O)Nc2cccc(Cl)c2C(=O)O)C1. The van der Waals surface area contributed by atoms with Crippen LogP contribution in [0.2, 0.25) is 5.02 Å². The summed E-state index contributed by atoms with van der Waals surface area (Å²) in [5, 5.41) is 14.5. The minimum Gasteiger partial charge on any atom is -0.478 e. The summed E-state index contributed by atoms with van der Waals surface area (Å²) in [6, 6.07) is 4.35. The Kier molecular flexibility index (Phi) is 3.95. The molecule has 0 atom stereocenters. The number of halogens is 1. The molecule has 0 heterocycles. The largest absolute Gasteiger partial charge is 0.478 e. The van der Waals surface area contributed by atoms with Crippen molar-refractivity contribution in [2.75, 3.05) is 5.32 Å². The molecule has 6 heteroatoms. The molecular formula is C13H15ClN2O3. The van der Waals surface area contributed by atoms with Crippen LogP contribution in [0.15, 0.2) is 18.2 Å². The van der Waals surface area contributed by atoms with Crippen LogP contribution in [-0.4, -0.2) is 23.1 Å². The molecule has 1 aliphatic carbocycles. The van der Waals surface area contributed by atoms with Crippen molar-refractivity contribution in [3.63, 3.8) is 0 Å². The van der Waals surface area contributed by atoms with Crippen molar-refractivity contribution in [2.45, 2.75) is 25.8 Å². The molecule has 0 aliphatic heterocycles. The van der Waals surface area contributed by atoms with Gasteiger partial charge in [0.1, 0.15) is 5.56 Å². The Hall–Kier alpha value is -1.75. The molecule has 0 radical (unpaired) electrons. The summed E-state index contributed by atoms with van der Waals surface area (Å²) in [6.45, 7) is 2.12. The summed E-state index contributed by atoms with van der Waals surface area (Å²) in [5.74, 6) is -0.538. The van der Waals surface area contributed by atoms with E-state index in [2.05, 4.69) is 17.6 Å². The van der Waals surface area contributed by atoms with Crippen molar-refractivity contribution >= 4 is 29.3 Å². The smallest absolute Gasteiger partial charge is 0.339 e. The maximum Gasteiger partial charge on any atom is 0.339 e. The molecule has 2 rings (SSSR count). The molecule has 0 unspecified atom stereocenters. The first-order valence-corrected chi connectivity index (χ1v) is 6.44. The molecule has 5 nitrogen and oxygen atoms in total. The minimum atomic E-state index is -1.17. The van der Waals surface area contributed by atoms with E-state index in [0.717, 1.165) is 12.8 Å². The number of carbonyl (C=O) groups excluding carboxylic acids is 1. The Morgan fingerprint density at radius 2 is 2.05 bits per heavy atom. The first kappa shape index (κ1) is 13.7. The predicted octanol–water partition coefficient (Wildman–Crippen LogP) is 2.96. The van der Waals surface area contributed by atoms with Crippen molar-refractivity contribution in [3.05, 3.63) is 28.8 Å². The van der Waals surface area contributed by atoms with Gasteiger partial charge in [-0.15, -0.1) is 0 Å². The Labute approximate surface area is 116 Å². The first-order chi connectivity index (χ1) is 8.97. The number of urea groups is 1. The third-order valence-electron chi connectivity index (χ3n) is 3.18. The van der Waals surface area contributed by atoms with E-state index in [1.807, 2.05) is 0 Å². The van der Waals surface area contributed by atoms with Crippen molar-refractivity contribution in [3.8, 4) is 0 Å². The molecule has 1 saturated carbocycles. The third-order valence-corrected chi connectivity index (χ3v) is 3.50. The van der Waals surface area contributed by atoms with Crippen LogP contribution in [0.1, 0.15) is 30.1 Å². The fourth-order valence-corrected chi connectivity index (χ4v) is 2.47. The lowest BCUT2D eigenvalue weighted by molar-refractivity contribution is 0.0698. The summed E-state index contributed by atoms with van der Waals surface area (Å²) < 4.78 is 0. The summed E-state index contributed by atoms with van der Waals surface area (Å²) in [7, 11) is 0. The van der Waals surface area contributed by atoms with Crippen LogP contribution in [0.25, 0.3) is 0 Å². The van der Waals surface area contributed by atoms with Crippen molar-refractivity contribution in [1.82, 2.24) is 5.32 Å². The van der Waals surface area contributed by atoms with Crippen molar-refractivity contribution in [2.24, 2.45) is 5.92 Å². The highest BCUT2D eigenvalue weighted by molar-refractivity contribution is 6.34. The maximum atomic E-state index is 11.8. The zero-order valence-corrected chi connectivity index (χ0v) is 11.2. The Bertz CT molecular complexity index is 513. The highest BCUT2D eigenvalue weighted by atomic mass is 35.5. The number of carboxylic acids is 1. The second kappa shape index (κ2) is 5.48. The molecule has 19 heavy (non-hydrogen) atoms. The molecule has 0 spiro atoms. The van der Waals surface area contributed by atoms with Gasteiger partial charge in [-0.05, 0) is 30.9 Å². The van der Waals surface area contributed by atoms with E-state index in [1.54, 1.807) is 6.07 Å². The van der Waals surface area contributed by atoms with Gasteiger partial charge in [0.05, 0.1) is 10.7 Å². The average Bonchev–Trinajstić information content (AvgIpc) is 2.26. The standard InChI is InChI=1S/C13H15ClN2O3/c1-7-5-8(6-7)15-13(19)16-10-4-2-3-9(14)11(10)12(17)18/h2-4,7-8H,5-6H2,1H3,(H,17,18)(H2,15,16,19). The molecule has 3 N–H and O–H groups in total. The third kappa shape index (κ3) is 3.17. The quantitative estimate of drug-likeness (QED) is 0.797. The molecule has 1 aromatic carbocycles. The number of hydrogen-bond acceptors (Lipinski definition) is 2. The lowest BCUT2D eigenvalue weighted by Crippen LogP contribution is -2.45. The van der Waals surface area contributed by atoms with Gasteiger partial charge in [-0.25, -0.2) is 9.59 Å². The second-order valence-corrected chi connectivity index (χ2v) is 5.25. The zero-order valence-electron chi connectivity index (χ0n) is 10.4. The van der Waals surface area contributed by atoms with Gasteiger partial charge in [-0.2, -0.15) is 0 Å². The number of nitrogens with one attached hydrogen (secondary N) is 2. The first-order valence-electron chi connectivity index (χ1n) is 6.06. The number of rotatable bonds is 3. The highest BCUT2D eigenvalue weighted by Gasteiger charge is 2.27. The van der Waals surface area contributed by atoms with E-state index < -0.39 is 12.0 Å². The molecular weight excluding hydrogens is 268 g/mol. The van der Waals surface area contributed by atoms with Gasteiger partial charge in [0, 0.05) is 6.04 Å². The fourth-order valence-electron chi connectivity index (χ4n) is 2.21. The molecule has 1 aromatic rings. The molecule has 102 valence electrons. The van der Waals surface area contributed by atoms with Crippen LogP contribution in [0, 0.1) is 5.92 Å². The summed E-state index contributed by atoms with van der Waals surface area (Å²) in [5.41, 5.74) is 0.103. The lowest BCUT2D eigenvalue weighted by atomic mass is 9.82. The van der Waals surface area contributed by atoms with Crippen LogP contribution in [-0.2, 0) is 0 Å². The van der Waals surface area contributed by atoms with E-state index in [0.29, 0.717) is 5.92 Å². The van der Waals surface area contributed by atoms with Gasteiger partial charge in [0.2, 0.25) is 0 Å². The summed E-state index contributed by atoms with van der Waals surface area (Å²) in [4.78, 5) is 22.9. The lowest BCUT2D eigenvalue weighted by Gasteiger charge is -2.33. The molecule has 2 amide bonds. The number of hydrogen-bond donors (Lipinski definition) is 3. The number of carboxylic acid groups (broad SMARTS) is 1. The maximum absolute atomic E-state index is 11.8. The average molecular weight is 283 g/mol. The Balaban J connectivity index is 2.04. The van der Waals surface area contributed by atoms with Crippen LogP contribution in [0.5, 0.6) is 0 Å². The van der Waals surface area contributed by atoms with Crippen LogP contribution in [0.4, 0.5) is 10.5 Å². The van der Waals surface area contributed by atoms with Crippen LogP contribution in [0.3, 0.4) is 0 Å². The van der Waals surface area contributed by atoms with E-state index in [4.69, 9.17) is 16.7 Å². The van der Waals surface area contributed by atoms with Gasteiger partial charge >= 0.3 is 12.0 Å². The van der Waals surface area contributed by atoms with Gasteiger partial charge in [0.15, 0.2) is 0 Å². The van der Waals surface area contributed by atoms with Crippen molar-refractivity contribution in [1.29, 1.82) is 0 Å². The number of aromatic carboxylic acids is 1. The number of benzene rings is 1. The van der Waals surface area contributed by atoms with E-state index >= 15 is 0 Å². The monoisotopic (exact) mass is 282 g/mol. The number of amides is 2. The van der Waals surface area contributed by atoms with Gasteiger partial charge in [-0.3, -0.25) is 0 Å². The normalized spacial score (nSPS) is 21.4. The van der Waals surface area contributed by atoms with Crippen molar-refractivity contribution < 1.29 is 14.7 Å². The molecule has 1 aliphatic rings. The van der Waals surface area contributed by atoms with Gasteiger partial charge in [-0.1, -0.05) is 24.6 Å². The molecule has 0 aromatic heterocycles. The molecule has 1 fully saturated rings. The fraction of sp³-hybridized carbons (Fsp3) is 0.385. The second-order valence-electron chi connectivity index (χ2n) is 4.84. The van der Waals surface area contributed by atoms with E-state index in [1.165, 1.54) is 12.1 Å². The predicted molar refractivity (Wildman–Crippen MR) is 72.8 cm³/mol. The Morgan fingerprint density at radius 3 is 2.63 bits per heavy atom. The highest BCUT2D eigenvalue weighted by Crippen LogP contribution is 2.27. The summed E-state index contributed by atoms with van der Waals surface area (Å²) in [6.07, 6.45) is 1.91. The minimum absolute atomic E-state index is 0.0960. The molecule has 0 saturated heterocycles. The topological polar surface area (TPSA) is 78.4 Å². The van der Waals surface area contributed by atoms with Gasteiger partial charge < -0.3 is 15.7 Å². The number of carbonyl (C=O) groups is 2. The molecule has 0 bridgehead atoms. The van der Waals surface area contributed by atoms with E-state index in [-0.39, 0.29) is 22.3 Å². The van der Waals surface area contributed by atoms with Crippen LogP contribution >= 0.6 is 11.6 Å². The zero-order chi connectivity index (χ0) is 14.0.